The molecule has 1 N–H and O–H groups in total. The Morgan fingerprint density at radius 3 is 0.769 bits per heavy atom. The second kappa shape index (κ2) is 35.5. The van der Waals surface area contributed by atoms with Crippen LogP contribution in [0.4, 0.5) is 0 Å². The third-order valence-electron chi connectivity index (χ3n) is 5.06. The summed E-state index contributed by atoms with van der Waals surface area (Å²) in [5.74, 6) is 0.598. The lowest BCUT2D eigenvalue weighted by molar-refractivity contribution is -0.0281. The molecule has 1 unspecified atom stereocenters. The summed E-state index contributed by atoms with van der Waals surface area (Å²) in [4.78, 5) is 0. The molecule has 0 aliphatic carbocycles. The Morgan fingerprint density at radius 2 is 0.564 bits per heavy atom. The maximum atomic E-state index is 8.56. The maximum Gasteiger partial charge on any atom is 0.0701 e. The molecule has 0 saturated heterocycles. The largest absolute Gasteiger partial charge is 0.394 e. The van der Waals surface area contributed by atoms with Crippen molar-refractivity contribution in [2.24, 2.45) is 5.92 Å². The van der Waals surface area contributed by atoms with Crippen LogP contribution < -0.4 is 0 Å². The normalized spacial score (nSPS) is 12.4. The van der Waals surface area contributed by atoms with E-state index in [1.165, 1.54) is 0 Å². The van der Waals surface area contributed by atoms with Crippen molar-refractivity contribution >= 4 is 0 Å². The van der Waals surface area contributed by atoms with Gasteiger partial charge in [0.05, 0.1) is 145 Å². The molecular formula is C27H56O12. The van der Waals surface area contributed by atoms with Gasteiger partial charge in [0.2, 0.25) is 0 Å². The lowest BCUT2D eigenvalue weighted by Crippen LogP contribution is -2.15. The van der Waals surface area contributed by atoms with Gasteiger partial charge < -0.3 is 57.2 Å². The van der Waals surface area contributed by atoms with Gasteiger partial charge in [0.1, 0.15) is 0 Å². The molecule has 0 radical (unpaired) electrons. The van der Waals surface area contributed by atoms with Crippen molar-refractivity contribution in [2.75, 3.05) is 152 Å². The molecule has 0 aliphatic heterocycles. The van der Waals surface area contributed by atoms with E-state index in [1.54, 1.807) is 0 Å². The van der Waals surface area contributed by atoms with Crippen molar-refractivity contribution in [3.05, 3.63) is 0 Å². The molecule has 0 aliphatic rings. The standard InChI is InChI=1S/C27H56O12/c1-3-27(2)26-39-25-24-38-23-22-37-21-20-36-19-18-35-17-16-34-15-14-33-13-12-32-11-10-31-9-8-30-7-6-29-5-4-28/h27-28H,3-26H2,1-2H3. The fraction of sp³-hybridized carbons (Fsp3) is 1.00. The Morgan fingerprint density at radius 1 is 0.359 bits per heavy atom. The summed E-state index contributed by atoms with van der Waals surface area (Å²) in [6, 6.07) is 0. The summed E-state index contributed by atoms with van der Waals surface area (Å²) in [6.45, 7) is 16.0. The van der Waals surface area contributed by atoms with E-state index in [0.29, 0.717) is 145 Å². The summed E-state index contributed by atoms with van der Waals surface area (Å²) >= 11 is 0. The van der Waals surface area contributed by atoms with Crippen LogP contribution in [0.2, 0.25) is 0 Å². The highest BCUT2D eigenvalue weighted by Crippen LogP contribution is 2.00. The molecule has 0 aromatic carbocycles. The number of rotatable bonds is 35. The third-order valence-corrected chi connectivity index (χ3v) is 5.06. The Balaban J connectivity index is 3.03. The zero-order valence-corrected chi connectivity index (χ0v) is 24.5. The minimum Gasteiger partial charge on any atom is -0.394 e. The van der Waals surface area contributed by atoms with Gasteiger partial charge in [-0.05, 0) is 5.92 Å². The number of ether oxygens (including phenoxy) is 11. The molecule has 12 heteroatoms. The Labute approximate surface area is 235 Å². The van der Waals surface area contributed by atoms with Crippen LogP contribution in [0.25, 0.3) is 0 Å². The lowest BCUT2D eigenvalue weighted by Gasteiger charge is -2.10. The highest BCUT2D eigenvalue weighted by Gasteiger charge is 1.98. The van der Waals surface area contributed by atoms with Gasteiger partial charge in [-0.15, -0.1) is 0 Å². The van der Waals surface area contributed by atoms with Crippen LogP contribution >= 0.6 is 0 Å². The van der Waals surface area contributed by atoms with Crippen LogP contribution in [0.1, 0.15) is 20.3 Å². The van der Waals surface area contributed by atoms with E-state index in [2.05, 4.69) is 13.8 Å². The first kappa shape index (κ1) is 38.5. The topological polar surface area (TPSA) is 122 Å². The van der Waals surface area contributed by atoms with Gasteiger partial charge in [-0.25, -0.2) is 0 Å². The molecule has 0 spiro atoms. The number of hydrogen-bond donors (Lipinski definition) is 1. The maximum absolute atomic E-state index is 8.56. The molecule has 0 rings (SSSR count). The van der Waals surface area contributed by atoms with Crippen molar-refractivity contribution in [1.29, 1.82) is 0 Å². The lowest BCUT2D eigenvalue weighted by atomic mass is 10.1. The second-order valence-corrected chi connectivity index (χ2v) is 8.44. The molecule has 1 atom stereocenters. The van der Waals surface area contributed by atoms with Crippen molar-refractivity contribution < 1.29 is 57.2 Å². The van der Waals surface area contributed by atoms with E-state index >= 15 is 0 Å². The molecule has 39 heavy (non-hydrogen) atoms. The highest BCUT2D eigenvalue weighted by atomic mass is 16.6. The van der Waals surface area contributed by atoms with Gasteiger partial charge in [0.25, 0.3) is 0 Å². The van der Waals surface area contributed by atoms with Crippen LogP contribution in [0.15, 0.2) is 0 Å². The summed E-state index contributed by atoms with van der Waals surface area (Å²) in [6.07, 6.45) is 1.13. The highest BCUT2D eigenvalue weighted by molar-refractivity contribution is 4.46. The van der Waals surface area contributed by atoms with Gasteiger partial charge in [-0.2, -0.15) is 0 Å². The first-order valence-corrected chi connectivity index (χ1v) is 14.3. The van der Waals surface area contributed by atoms with Crippen LogP contribution in [-0.4, -0.2) is 157 Å². The monoisotopic (exact) mass is 572 g/mol. The van der Waals surface area contributed by atoms with E-state index in [4.69, 9.17) is 57.2 Å². The van der Waals surface area contributed by atoms with E-state index in [1.807, 2.05) is 0 Å². The Hall–Kier alpha value is -0.480. The average molecular weight is 573 g/mol. The fourth-order valence-corrected chi connectivity index (χ4v) is 2.67. The van der Waals surface area contributed by atoms with Gasteiger partial charge in [-0.1, -0.05) is 20.3 Å². The first-order chi connectivity index (χ1) is 19.3. The molecule has 0 aromatic rings. The van der Waals surface area contributed by atoms with Crippen molar-refractivity contribution in [2.45, 2.75) is 20.3 Å². The van der Waals surface area contributed by atoms with Crippen molar-refractivity contribution in [3.8, 4) is 0 Å². The molecule has 0 amide bonds. The van der Waals surface area contributed by atoms with Crippen molar-refractivity contribution in [1.82, 2.24) is 0 Å². The zero-order chi connectivity index (χ0) is 28.3. The van der Waals surface area contributed by atoms with E-state index in [-0.39, 0.29) is 6.61 Å². The molecule has 12 nitrogen and oxygen atoms in total. The first-order valence-electron chi connectivity index (χ1n) is 14.3. The molecule has 0 saturated carbocycles. The quantitative estimate of drug-likeness (QED) is 0.110. The number of hydrogen-bond acceptors (Lipinski definition) is 12. The van der Waals surface area contributed by atoms with Crippen LogP contribution in [-0.2, 0) is 52.1 Å². The van der Waals surface area contributed by atoms with Crippen LogP contribution in [0.5, 0.6) is 0 Å². The number of aliphatic hydroxyl groups excluding tert-OH is 1. The van der Waals surface area contributed by atoms with Gasteiger partial charge in [0.15, 0.2) is 0 Å². The van der Waals surface area contributed by atoms with Crippen LogP contribution in [0.3, 0.4) is 0 Å². The molecule has 0 bridgehead atoms. The Kier molecular flexibility index (Phi) is 35.1. The predicted octanol–water partition coefficient (Wildman–Crippen LogP) is 1.21. The van der Waals surface area contributed by atoms with Crippen molar-refractivity contribution in [3.63, 3.8) is 0 Å². The van der Waals surface area contributed by atoms with Gasteiger partial charge >= 0.3 is 0 Å². The smallest absolute Gasteiger partial charge is 0.0701 e. The summed E-state index contributed by atoms with van der Waals surface area (Å²) < 4.78 is 59.5. The SMILES string of the molecule is CCC(C)COCCOCCOCCOCCOCCOCCOCCOCCOCCOCCOCCO. The molecule has 0 fully saturated rings. The zero-order valence-electron chi connectivity index (χ0n) is 24.5. The fourth-order valence-electron chi connectivity index (χ4n) is 2.67. The molecular weight excluding hydrogens is 516 g/mol. The average Bonchev–Trinajstić information content (AvgIpc) is 2.95. The van der Waals surface area contributed by atoms with E-state index in [9.17, 15) is 0 Å². The number of aliphatic hydroxyl groups is 1. The molecule has 0 heterocycles. The van der Waals surface area contributed by atoms with E-state index in [0.717, 1.165) is 13.0 Å². The summed E-state index contributed by atoms with van der Waals surface area (Å²) in [5.41, 5.74) is 0. The van der Waals surface area contributed by atoms with Gasteiger partial charge in [-0.3, -0.25) is 0 Å². The Bertz CT molecular complexity index is 434. The van der Waals surface area contributed by atoms with E-state index < -0.39 is 0 Å². The summed E-state index contributed by atoms with van der Waals surface area (Å²) in [5, 5.41) is 8.56. The van der Waals surface area contributed by atoms with Crippen LogP contribution in [0, 0.1) is 5.92 Å². The minimum absolute atomic E-state index is 0.0282. The minimum atomic E-state index is 0.0282. The molecule has 0 aromatic heterocycles. The third kappa shape index (κ3) is 35.5. The second-order valence-electron chi connectivity index (χ2n) is 8.44. The predicted molar refractivity (Wildman–Crippen MR) is 146 cm³/mol. The van der Waals surface area contributed by atoms with Gasteiger partial charge in [0, 0.05) is 6.61 Å². The summed E-state index contributed by atoms with van der Waals surface area (Å²) in [7, 11) is 0. The molecule has 236 valence electrons.